The van der Waals surface area contributed by atoms with E-state index in [4.69, 9.17) is 15.2 Å². The van der Waals surface area contributed by atoms with Gasteiger partial charge in [-0.05, 0) is 43.9 Å². The number of methoxy groups -OCH3 is 2. The van der Waals surface area contributed by atoms with Crippen LogP contribution in [0.4, 0.5) is 0 Å². The van der Waals surface area contributed by atoms with Crippen molar-refractivity contribution in [3.63, 3.8) is 0 Å². The zero-order valence-corrected chi connectivity index (χ0v) is 10.4. The van der Waals surface area contributed by atoms with Crippen molar-refractivity contribution in [3.8, 4) is 11.5 Å². The molecule has 2 N–H and O–H groups in total. The summed E-state index contributed by atoms with van der Waals surface area (Å²) < 4.78 is 10.9. The maximum Gasteiger partial charge on any atom is 0.166 e. The highest BCUT2D eigenvalue weighted by Gasteiger charge is 2.43. The summed E-state index contributed by atoms with van der Waals surface area (Å²) >= 11 is 0. The molecule has 1 aliphatic rings. The first-order chi connectivity index (χ1) is 7.53. The first-order valence-electron chi connectivity index (χ1n) is 5.55. The van der Waals surface area contributed by atoms with Crippen LogP contribution in [0.5, 0.6) is 11.5 Å². The third-order valence-electron chi connectivity index (χ3n) is 3.48. The molecule has 1 aromatic carbocycles. The molecular weight excluding hydrogens is 202 g/mol. The van der Waals surface area contributed by atoms with Crippen LogP contribution in [0.2, 0.25) is 0 Å². The summed E-state index contributed by atoms with van der Waals surface area (Å²) in [6, 6.07) is 2.13. The smallest absolute Gasteiger partial charge is 0.166 e. The van der Waals surface area contributed by atoms with Crippen molar-refractivity contribution in [2.24, 2.45) is 5.73 Å². The maximum absolute atomic E-state index is 6.25. The minimum absolute atomic E-state index is 0.197. The van der Waals surface area contributed by atoms with Crippen LogP contribution in [0.1, 0.15) is 29.5 Å². The van der Waals surface area contributed by atoms with Crippen LogP contribution < -0.4 is 15.2 Å². The Morgan fingerprint density at radius 2 is 1.69 bits per heavy atom. The van der Waals surface area contributed by atoms with Crippen molar-refractivity contribution in [3.05, 3.63) is 22.8 Å². The number of ether oxygens (including phenoxy) is 2. The average molecular weight is 221 g/mol. The van der Waals surface area contributed by atoms with Crippen LogP contribution in [0, 0.1) is 13.8 Å². The van der Waals surface area contributed by atoms with E-state index >= 15 is 0 Å². The Morgan fingerprint density at radius 3 is 2.12 bits per heavy atom. The van der Waals surface area contributed by atoms with Gasteiger partial charge in [0.2, 0.25) is 0 Å². The van der Waals surface area contributed by atoms with E-state index in [0.29, 0.717) is 0 Å². The first-order valence-corrected chi connectivity index (χ1v) is 5.55. The van der Waals surface area contributed by atoms with Gasteiger partial charge in [-0.3, -0.25) is 0 Å². The number of hydrogen-bond acceptors (Lipinski definition) is 3. The normalized spacial score (nSPS) is 17.1. The molecule has 0 radical (unpaired) electrons. The molecule has 0 saturated heterocycles. The number of benzene rings is 1. The molecule has 2 rings (SSSR count). The summed E-state index contributed by atoms with van der Waals surface area (Å²) in [5.41, 5.74) is 9.45. The number of aryl methyl sites for hydroxylation is 1. The highest BCUT2D eigenvalue weighted by Crippen LogP contribution is 2.50. The molecule has 1 fully saturated rings. The monoisotopic (exact) mass is 221 g/mol. The molecule has 0 amide bonds. The lowest BCUT2D eigenvalue weighted by Crippen LogP contribution is -2.20. The minimum atomic E-state index is -0.197. The van der Waals surface area contributed by atoms with E-state index in [1.165, 1.54) is 5.56 Å². The Bertz CT molecular complexity index is 422. The van der Waals surface area contributed by atoms with Gasteiger partial charge in [-0.25, -0.2) is 0 Å². The van der Waals surface area contributed by atoms with Crippen molar-refractivity contribution in [2.75, 3.05) is 14.2 Å². The summed E-state index contributed by atoms with van der Waals surface area (Å²) in [7, 11) is 3.34. The SMILES string of the molecule is COc1c(C2(N)CC2)cc(C)c(C)c1OC. The standard InChI is InChI=1S/C13H19NO2/c1-8-7-10(13(14)5-6-13)12(16-4)11(15-3)9(8)2/h7H,5-6,14H2,1-4H3. The van der Waals surface area contributed by atoms with E-state index < -0.39 is 0 Å². The molecule has 88 valence electrons. The van der Waals surface area contributed by atoms with Gasteiger partial charge in [0.05, 0.1) is 14.2 Å². The lowest BCUT2D eigenvalue weighted by Gasteiger charge is -2.20. The molecule has 0 bridgehead atoms. The van der Waals surface area contributed by atoms with Gasteiger partial charge in [-0.15, -0.1) is 0 Å². The van der Waals surface area contributed by atoms with Crippen molar-refractivity contribution in [1.29, 1.82) is 0 Å². The number of hydrogen-bond donors (Lipinski definition) is 1. The zero-order chi connectivity index (χ0) is 11.9. The summed E-state index contributed by atoms with van der Waals surface area (Å²) in [5.74, 6) is 1.61. The van der Waals surface area contributed by atoms with E-state index in [0.717, 1.165) is 35.5 Å². The van der Waals surface area contributed by atoms with Crippen LogP contribution in [0.3, 0.4) is 0 Å². The van der Waals surface area contributed by atoms with Crippen LogP contribution in [-0.4, -0.2) is 14.2 Å². The average Bonchev–Trinajstić information content (AvgIpc) is 3.00. The topological polar surface area (TPSA) is 44.5 Å². The summed E-state index contributed by atoms with van der Waals surface area (Å²) in [6.45, 7) is 4.11. The van der Waals surface area contributed by atoms with Crippen LogP contribution in [-0.2, 0) is 5.54 Å². The highest BCUT2D eigenvalue weighted by molar-refractivity contribution is 5.58. The number of nitrogens with two attached hydrogens (primary N) is 1. The molecule has 0 unspecified atom stereocenters. The highest BCUT2D eigenvalue weighted by atomic mass is 16.5. The molecule has 0 atom stereocenters. The fourth-order valence-corrected chi connectivity index (χ4v) is 2.08. The summed E-state index contributed by atoms with van der Waals surface area (Å²) in [5, 5.41) is 0. The van der Waals surface area contributed by atoms with Gasteiger partial charge in [0.15, 0.2) is 11.5 Å². The van der Waals surface area contributed by atoms with Gasteiger partial charge >= 0.3 is 0 Å². The molecule has 3 heteroatoms. The van der Waals surface area contributed by atoms with Gasteiger partial charge < -0.3 is 15.2 Å². The van der Waals surface area contributed by atoms with Crippen molar-refractivity contribution >= 4 is 0 Å². The Balaban J connectivity index is 2.64. The maximum atomic E-state index is 6.25. The van der Waals surface area contributed by atoms with Crippen molar-refractivity contribution in [1.82, 2.24) is 0 Å². The second-order valence-corrected chi connectivity index (χ2v) is 4.59. The van der Waals surface area contributed by atoms with E-state index in [-0.39, 0.29) is 5.54 Å². The molecule has 0 spiro atoms. The summed E-state index contributed by atoms with van der Waals surface area (Å²) in [4.78, 5) is 0. The molecule has 3 nitrogen and oxygen atoms in total. The summed E-state index contributed by atoms with van der Waals surface area (Å²) in [6.07, 6.45) is 2.05. The fourth-order valence-electron chi connectivity index (χ4n) is 2.08. The van der Waals surface area contributed by atoms with E-state index in [1.807, 2.05) is 6.92 Å². The minimum Gasteiger partial charge on any atom is -0.493 e. The predicted molar refractivity (Wildman–Crippen MR) is 64.1 cm³/mol. The Labute approximate surface area is 96.5 Å². The Hall–Kier alpha value is -1.22. The second kappa shape index (κ2) is 3.67. The third kappa shape index (κ3) is 1.55. The van der Waals surface area contributed by atoms with Gasteiger partial charge in [-0.1, -0.05) is 0 Å². The van der Waals surface area contributed by atoms with E-state index in [9.17, 15) is 0 Å². The van der Waals surface area contributed by atoms with Crippen LogP contribution in [0.25, 0.3) is 0 Å². The lowest BCUT2D eigenvalue weighted by molar-refractivity contribution is 0.346. The lowest BCUT2D eigenvalue weighted by atomic mass is 9.97. The first kappa shape index (κ1) is 11.3. The van der Waals surface area contributed by atoms with Crippen LogP contribution >= 0.6 is 0 Å². The molecule has 0 heterocycles. The van der Waals surface area contributed by atoms with Gasteiger partial charge in [0.25, 0.3) is 0 Å². The largest absolute Gasteiger partial charge is 0.493 e. The molecule has 1 aromatic rings. The molecule has 1 aliphatic carbocycles. The molecule has 0 aromatic heterocycles. The Morgan fingerprint density at radius 1 is 1.12 bits per heavy atom. The molecule has 16 heavy (non-hydrogen) atoms. The molecule has 1 saturated carbocycles. The molecule has 0 aliphatic heterocycles. The van der Waals surface area contributed by atoms with Gasteiger partial charge in [-0.2, -0.15) is 0 Å². The zero-order valence-electron chi connectivity index (χ0n) is 10.4. The predicted octanol–water partition coefficient (Wildman–Crippen LogP) is 2.27. The van der Waals surface area contributed by atoms with Gasteiger partial charge in [0, 0.05) is 11.1 Å². The Kier molecular flexibility index (Phi) is 2.58. The molecular formula is C13H19NO2. The van der Waals surface area contributed by atoms with Crippen molar-refractivity contribution < 1.29 is 9.47 Å². The fraction of sp³-hybridized carbons (Fsp3) is 0.538. The van der Waals surface area contributed by atoms with Crippen molar-refractivity contribution in [2.45, 2.75) is 32.2 Å². The van der Waals surface area contributed by atoms with E-state index in [2.05, 4.69) is 13.0 Å². The second-order valence-electron chi connectivity index (χ2n) is 4.59. The quantitative estimate of drug-likeness (QED) is 0.851. The third-order valence-corrected chi connectivity index (χ3v) is 3.48. The van der Waals surface area contributed by atoms with E-state index in [1.54, 1.807) is 14.2 Å². The van der Waals surface area contributed by atoms with Gasteiger partial charge in [0.1, 0.15) is 0 Å². The van der Waals surface area contributed by atoms with Crippen LogP contribution in [0.15, 0.2) is 6.07 Å². The number of rotatable bonds is 3.